The summed E-state index contributed by atoms with van der Waals surface area (Å²) in [4.78, 5) is 0. The number of rotatable bonds is 6. The summed E-state index contributed by atoms with van der Waals surface area (Å²) in [5.74, 6) is 1.24. The van der Waals surface area contributed by atoms with Crippen LogP contribution < -0.4 is 10.5 Å². The quantitative estimate of drug-likeness (QED) is 0.831. The van der Waals surface area contributed by atoms with E-state index in [4.69, 9.17) is 10.5 Å². The van der Waals surface area contributed by atoms with Crippen molar-refractivity contribution in [3.05, 3.63) is 28.8 Å². The minimum absolute atomic E-state index is 0.188. The van der Waals surface area contributed by atoms with E-state index in [1.807, 2.05) is 13.8 Å². The number of hydrogen-bond acceptors (Lipinski definition) is 3. The first-order valence-corrected chi connectivity index (χ1v) is 7.04. The van der Waals surface area contributed by atoms with Crippen LogP contribution in [0.15, 0.2) is 12.1 Å². The van der Waals surface area contributed by atoms with E-state index in [1.54, 1.807) is 0 Å². The van der Waals surface area contributed by atoms with E-state index >= 15 is 0 Å². The zero-order chi connectivity index (χ0) is 14.6. The summed E-state index contributed by atoms with van der Waals surface area (Å²) in [7, 11) is 0. The first-order valence-electron chi connectivity index (χ1n) is 7.04. The zero-order valence-electron chi connectivity index (χ0n) is 12.7. The lowest BCUT2D eigenvalue weighted by Crippen LogP contribution is -2.32. The van der Waals surface area contributed by atoms with Crippen molar-refractivity contribution in [2.45, 2.75) is 59.1 Å². The van der Waals surface area contributed by atoms with Gasteiger partial charge in [-0.25, -0.2) is 0 Å². The van der Waals surface area contributed by atoms with Crippen LogP contribution >= 0.6 is 0 Å². The molecule has 0 aliphatic carbocycles. The molecule has 1 aromatic rings. The summed E-state index contributed by atoms with van der Waals surface area (Å²) >= 11 is 0. The molecule has 3 atom stereocenters. The maximum atomic E-state index is 9.91. The number of nitrogens with two attached hydrogens (primary N) is 1. The van der Waals surface area contributed by atoms with Crippen LogP contribution in [0.4, 0.5) is 0 Å². The number of ether oxygens (including phenoxy) is 1. The molecule has 1 rings (SSSR count). The molecule has 1 aromatic carbocycles. The van der Waals surface area contributed by atoms with E-state index in [0.29, 0.717) is 13.0 Å². The maximum absolute atomic E-state index is 9.91. The van der Waals surface area contributed by atoms with Crippen LogP contribution in [0.2, 0.25) is 0 Å². The van der Waals surface area contributed by atoms with E-state index in [-0.39, 0.29) is 12.0 Å². The molecule has 0 saturated heterocycles. The second-order valence-corrected chi connectivity index (χ2v) is 5.47. The topological polar surface area (TPSA) is 55.5 Å². The van der Waals surface area contributed by atoms with Crippen molar-refractivity contribution in [3.63, 3.8) is 0 Å². The number of hydrogen-bond donors (Lipinski definition) is 2. The van der Waals surface area contributed by atoms with Gasteiger partial charge < -0.3 is 15.6 Å². The molecule has 108 valence electrons. The van der Waals surface area contributed by atoms with Crippen LogP contribution in [0.1, 0.15) is 49.8 Å². The summed E-state index contributed by atoms with van der Waals surface area (Å²) in [6.45, 7) is 10.8. The van der Waals surface area contributed by atoms with Crippen molar-refractivity contribution >= 4 is 0 Å². The average molecular weight is 265 g/mol. The maximum Gasteiger partial charge on any atom is 0.122 e. The van der Waals surface area contributed by atoms with Crippen molar-refractivity contribution in [2.75, 3.05) is 6.61 Å². The van der Waals surface area contributed by atoms with Crippen molar-refractivity contribution in [3.8, 4) is 5.75 Å². The predicted molar refractivity (Wildman–Crippen MR) is 79.8 cm³/mol. The number of benzene rings is 1. The fourth-order valence-electron chi connectivity index (χ4n) is 2.36. The third-order valence-electron chi connectivity index (χ3n) is 3.60. The van der Waals surface area contributed by atoms with Crippen LogP contribution in [0, 0.1) is 13.8 Å². The monoisotopic (exact) mass is 265 g/mol. The highest BCUT2D eigenvalue weighted by Gasteiger charge is 2.18. The van der Waals surface area contributed by atoms with Crippen LogP contribution in [-0.2, 0) is 0 Å². The van der Waals surface area contributed by atoms with Gasteiger partial charge in [0, 0.05) is 6.04 Å². The normalized spacial score (nSPS) is 15.9. The van der Waals surface area contributed by atoms with Crippen molar-refractivity contribution in [1.82, 2.24) is 0 Å². The lowest BCUT2D eigenvalue weighted by Gasteiger charge is -2.22. The van der Waals surface area contributed by atoms with Crippen LogP contribution in [0.3, 0.4) is 0 Å². The van der Waals surface area contributed by atoms with Gasteiger partial charge >= 0.3 is 0 Å². The van der Waals surface area contributed by atoms with Gasteiger partial charge in [-0.2, -0.15) is 0 Å². The summed E-state index contributed by atoms with van der Waals surface area (Å²) < 4.78 is 5.60. The van der Waals surface area contributed by atoms with Crippen molar-refractivity contribution < 1.29 is 9.84 Å². The largest absolute Gasteiger partial charge is 0.494 e. The molecule has 3 heteroatoms. The zero-order valence-corrected chi connectivity index (χ0v) is 12.7. The van der Waals surface area contributed by atoms with Gasteiger partial charge in [0.25, 0.3) is 0 Å². The van der Waals surface area contributed by atoms with Gasteiger partial charge in [-0.05, 0) is 62.8 Å². The Morgan fingerprint density at radius 1 is 1.21 bits per heavy atom. The molecule has 0 saturated carbocycles. The van der Waals surface area contributed by atoms with Gasteiger partial charge in [0.2, 0.25) is 0 Å². The molecule has 0 heterocycles. The van der Waals surface area contributed by atoms with Crippen LogP contribution in [0.25, 0.3) is 0 Å². The molecular weight excluding hydrogens is 238 g/mol. The van der Waals surface area contributed by atoms with Gasteiger partial charge in [0.05, 0.1) is 12.7 Å². The average Bonchev–Trinajstić information content (AvgIpc) is 2.33. The molecule has 3 nitrogen and oxygen atoms in total. The highest BCUT2D eigenvalue weighted by Crippen LogP contribution is 2.30. The number of aliphatic hydroxyl groups excluding tert-OH is 1. The summed E-state index contributed by atoms with van der Waals surface area (Å²) in [6, 6.07) is 4.06. The summed E-state index contributed by atoms with van der Waals surface area (Å²) in [5, 5.41) is 9.91. The van der Waals surface area contributed by atoms with Gasteiger partial charge in [-0.15, -0.1) is 0 Å². The molecule has 0 aliphatic heterocycles. The van der Waals surface area contributed by atoms with E-state index in [9.17, 15) is 5.11 Å². The lowest BCUT2D eigenvalue weighted by atomic mass is 9.89. The Labute approximate surface area is 116 Å². The van der Waals surface area contributed by atoms with Gasteiger partial charge in [0.1, 0.15) is 5.75 Å². The second kappa shape index (κ2) is 6.92. The Hall–Kier alpha value is -1.06. The summed E-state index contributed by atoms with van der Waals surface area (Å²) in [5.41, 5.74) is 9.34. The Morgan fingerprint density at radius 3 is 2.37 bits per heavy atom. The van der Waals surface area contributed by atoms with E-state index < -0.39 is 6.10 Å². The van der Waals surface area contributed by atoms with Crippen LogP contribution in [0.5, 0.6) is 5.75 Å². The third-order valence-corrected chi connectivity index (χ3v) is 3.60. The highest BCUT2D eigenvalue weighted by molar-refractivity contribution is 5.43. The molecule has 0 aliphatic rings. The smallest absolute Gasteiger partial charge is 0.122 e. The molecule has 0 spiro atoms. The minimum Gasteiger partial charge on any atom is -0.494 e. The van der Waals surface area contributed by atoms with Gasteiger partial charge in [-0.1, -0.05) is 13.0 Å². The van der Waals surface area contributed by atoms with Crippen molar-refractivity contribution in [2.24, 2.45) is 5.73 Å². The van der Waals surface area contributed by atoms with Crippen molar-refractivity contribution in [1.29, 1.82) is 0 Å². The molecule has 0 amide bonds. The molecule has 0 radical (unpaired) electrons. The van der Waals surface area contributed by atoms with Gasteiger partial charge in [-0.3, -0.25) is 0 Å². The fourth-order valence-corrected chi connectivity index (χ4v) is 2.36. The third kappa shape index (κ3) is 4.22. The molecule has 0 aromatic heterocycles. The molecule has 0 bridgehead atoms. The van der Waals surface area contributed by atoms with Crippen LogP contribution in [-0.4, -0.2) is 23.9 Å². The highest BCUT2D eigenvalue weighted by atomic mass is 16.5. The molecule has 19 heavy (non-hydrogen) atoms. The van der Waals surface area contributed by atoms with E-state index in [1.165, 1.54) is 11.1 Å². The predicted octanol–water partition coefficient (Wildman–Crippen LogP) is 2.90. The Bertz CT molecular complexity index is 415. The number of aryl methyl sites for hydroxylation is 2. The fraction of sp³-hybridized carbons (Fsp3) is 0.625. The van der Waals surface area contributed by atoms with E-state index in [2.05, 4.69) is 32.9 Å². The Kier molecular flexibility index (Phi) is 5.83. The second-order valence-electron chi connectivity index (χ2n) is 5.47. The SMILES string of the molecule is CCOc1cc(C)c(C(C)CC(O)C(C)N)cc1C. The standard InChI is InChI=1S/C16H27NO2/c1-6-19-16-9-11(3)14(7-12(16)4)10(2)8-15(18)13(5)17/h7,9-10,13,15,18H,6,8,17H2,1-5H3. The Morgan fingerprint density at radius 2 is 1.84 bits per heavy atom. The summed E-state index contributed by atoms with van der Waals surface area (Å²) in [6.07, 6.45) is 0.229. The van der Waals surface area contributed by atoms with E-state index in [0.717, 1.165) is 11.3 Å². The molecule has 0 fully saturated rings. The van der Waals surface area contributed by atoms with Gasteiger partial charge in [0.15, 0.2) is 0 Å². The molecule has 3 unspecified atom stereocenters. The minimum atomic E-state index is -0.457. The first-order chi connectivity index (χ1) is 8.86. The first kappa shape index (κ1) is 16.0. The molecular formula is C16H27NO2. The number of aliphatic hydroxyl groups is 1. The Balaban J connectivity index is 2.91. The lowest BCUT2D eigenvalue weighted by molar-refractivity contribution is 0.134. The molecule has 3 N–H and O–H groups in total.